The largest absolute Gasteiger partial charge is 0.241 e. The fraction of sp³-hybridized carbons (Fsp3) is 0.357. The zero-order valence-electron chi connectivity index (χ0n) is 10.2. The molecule has 0 radical (unpaired) electrons. The summed E-state index contributed by atoms with van der Waals surface area (Å²) in [6.07, 6.45) is 3.49. The second-order valence-corrected chi connectivity index (χ2v) is 5.56. The molecule has 0 aliphatic heterocycles. The fourth-order valence-corrected chi connectivity index (χ4v) is 2.88. The Hall–Kier alpha value is -0.860. The third-order valence-electron chi connectivity index (χ3n) is 2.70. The van der Waals surface area contributed by atoms with E-state index in [1.807, 2.05) is 13.0 Å². The van der Waals surface area contributed by atoms with Crippen LogP contribution in [0, 0.1) is 6.92 Å². The lowest BCUT2D eigenvalue weighted by Gasteiger charge is -2.01. The van der Waals surface area contributed by atoms with E-state index in [9.17, 15) is 0 Å². The zero-order valence-corrected chi connectivity index (χ0v) is 11.7. The molecule has 0 saturated heterocycles. The van der Waals surface area contributed by atoms with Crippen LogP contribution in [-0.2, 0) is 6.42 Å². The highest BCUT2D eigenvalue weighted by atomic mass is 35.5. The zero-order chi connectivity index (χ0) is 12.3. The van der Waals surface area contributed by atoms with Crippen molar-refractivity contribution in [1.29, 1.82) is 0 Å². The van der Waals surface area contributed by atoms with Crippen molar-refractivity contribution in [3.8, 4) is 11.3 Å². The van der Waals surface area contributed by atoms with Gasteiger partial charge in [0.1, 0.15) is 0 Å². The molecule has 0 aliphatic carbocycles. The molecule has 1 aromatic carbocycles. The first-order chi connectivity index (χ1) is 8.20. The average Bonchev–Trinajstić information content (AvgIpc) is 2.75. The standard InChI is InChI=1S/C14H16ClNS/c1-3-4-5-14-16-13(9-17-14)11-7-6-10(2)8-12(11)15/h6-9H,3-5H2,1-2H3. The molecule has 90 valence electrons. The molecule has 0 fully saturated rings. The number of hydrogen-bond acceptors (Lipinski definition) is 2. The molecule has 3 heteroatoms. The second-order valence-electron chi connectivity index (χ2n) is 4.21. The van der Waals surface area contributed by atoms with Gasteiger partial charge in [-0.1, -0.05) is 37.1 Å². The lowest BCUT2D eigenvalue weighted by molar-refractivity contribution is 0.790. The Balaban J connectivity index is 2.24. The number of aromatic nitrogens is 1. The quantitative estimate of drug-likeness (QED) is 0.748. The van der Waals surface area contributed by atoms with E-state index in [1.54, 1.807) is 11.3 Å². The maximum atomic E-state index is 6.24. The smallest absolute Gasteiger partial charge is 0.0932 e. The number of benzene rings is 1. The van der Waals surface area contributed by atoms with Crippen LogP contribution < -0.4 is 0 Å². The summed E-state index contributed by atoms with van der Waals surface area (Å²) in [5, 5.41) is 4.09. The van der Waals surface area contributed by atoms with Gasteiger partial charge < -0.3 is 0 Å². The molecule has 0 saturated carbocycles. The predicted octanol–water partition coefficient (Wildman–Crippen LogP) is 5.11. The minimum atomic E-state index is 0.789. The van der Waals surface area contributed by atoms with E-state index in [1.165, 1.54) is 23.4 Å². The highest BCUT2D eigenvalue weighted by molar-refractivity contribution is 7.09. The van der Waals surface area contributed by atoms with Crippen LogP contribution in [0.2, 0.25) is 5.02 Å². The van der Waals surface area contributed by atoms with Crippen molar-refractivity contribution in [2.75, 3.05) is 0 Å². The molecule has 2 rings (SSSR count). The number of rotatable bonds is 4. The SMILES string of the molecule is CCCCc1nc(-c2ccc(C)cc2Cl)cs1. The first kappa shape index (κ1) is 12.6. The molecule has 1 aromatic heterocycles. The summed E-state index contributed by atoms with van der Waals surface area (Å²) in [4.78, 5) is 4.64. The van der Waals surface area contributed by atoms with Gasteiger partial charge in [0, 0.05) is 10.9 Å². The molecule has 17 heavy (non-hydrogen) atoms. The third kappa shape index (κ3) is 3.08. The van der Waals surface area contributed by atoms with E-state index < -0.39 is 0 Å². The predicted molar refractivity (Wildman–Crippen MR) is 75.9 cm³/mol. The van der Waals surface area contributed by atoms with Crippen molar-refractivity contribution < 1.29 is 0 Å². The van der Waals surface area contributed by atoms with E-state index in [4.69, 9.17) is 11.6 Å². The molecule has 0 N–H and O–H groups in total. The lowest BCUT2D eigenvalue weighted by atomic mass is 10.1. The van der Waals surface area contributed by atoms with Gasteiger partial charge in [-0.05, 0) is 31.4 Å². The minimum Gasteiger partial charge on any atom is -0.241 e. The number of thiazole rings is 1. The van der Waals surface area contributed by atoms with Gasteiger partial charge in [-0.25, -0.2) is 4.98 Å². The number of unbranched alkanes of at least 4 members (excludes halogenated alkanes) is 1. The minimum absolute atomic E-state index is 0.789. The van der Waals surface area contributed by atoms with Crippen LogP contribution in [0.15, 0.2) is 23.6 Å². The van der Waals surface area contributed by atoms with Crippen molar-refractivity contribution in [3.63, 3.8) is 0 Å². The highest BCUT2D eigenvalue weighted by Crippen LogP contribution is 2.29. The Morgan fingerprint density at radius 2 is 2.18 bits per heavy atom. The van der Waals surface area contributed by atoms with E-state index in [2.05, 4.69) is 29.4 Å². The highest BCUT2D eigenvalue weighted by Gasteiger charge is 2.08. The molecular weight excluding hydrogens is 250 g/mol. The Labute approximate surface area is 111 Å². The summed E-state index contributed by atoms with van der Waals surface area (Å²) in [5.41, 5.74) is 3.22. The van der Waals surface area contributed by atoms with Gasteiger partial charge in [0.25, 0.3) is 0 Å². The van der Waals surface area contributed by atoms with Gasteiger partial charge in [0.05, 0.1) is 15.7 Å². The first-order valence-electron chi connectivity index (χ1n) is 5.91. The number of hydrogen-bond donors (Lipinski definition) is 0. The van der Waals surface area contributed by atoms with Crippen molar-refractivity contribution in [2.45, 2.75) is 33.1 Å². The molecule has 0 aliphatic rings. The molecule has 2 aromatic rings. The lowest BCUT2D eigenvalue weighted by Crippen LogP contribution is -1.85. The molecule has 0 unspecified atom stereocenters. The van der Waals surface area contributed by atoms with E-state index in [0.717, 1.165) is 22.7 Å². The number of aryl methyl sites for hydroxylation is 2. The molecule has 0 spiro atoms. The van der Waals surface area contributed by atoms with E-state index >= 15 is 0 Å². The van der Waals surface area contributed by atoms with E-state index in [-0.39, 0.29) is 0 Å². The summed E-state index contributed by atoms with van der Waals surface area (Å²) in [6, 6.07) is 6.12. The van der Waals surface area contributed by atoms with Crippen LogP contribution in [0.25, 0.3) is 11.3 Å². The Morgan fingerprint density at radius 3 is 2.88 bits per heavy atom. The summed E-state index contributed by atoms with van der Waals surface area (Å²) in [7, 11) is 0. The topological polar surface area (TPSA) is 12.9 Å². The number of halogens is 1. The third-order valence-corrected chi connectivity index (χ3v) is 3.92. The molecule has 1 heterocycles. The first-order valence-corrected chi connectivity index (χ1v) is 7.17. The van der Waals surface area contributed by atoms with Crippen molar-refractivity contribution >= 4 is 22.9 Å². The molecule has 0 amide bonds. The van der Waals surface area contributed by atoms with Gasteiger partial charge in [-0.2, -0.15) is 0 Å². The average molecular weight is 266 g/mol. The molecular formula is C14H16ClNS. The normalized spacial score (nSPS) is 10.8. The van der Waals surface area contributed by atoms with Crippen LogP contribution >= 0.6 is 22.9 Å². The maximum Gasteiger partial charge on any atom is 0.0932 e. The van der Waals surface area contributed by atoms with Crippen molar-refractivity contribution in [1.82, 2.24) is 4.98 Å². The Bertz CT molecular complexity index is 505. The number of nitrogens with zero attached hydrogens (tertiary/aromatic N) is 1. The monoisotopic (exact) mass is 265 g/mol. The summed E-state index contributed by atoms with van der Waals surface area (Å²) >= 11 is 7.97. The molecule has 1 nitrogen and oxygen atoms in total. The van der Waals surface area contributed by atoms with Crippen LogP contribution in [-0.4, -0.2) is 4.98 Å². The van der Waals surface area contributed by atoms with Crippen molar-refractivity contribution in [3.05, 3.63) is 39.2 Å². The summed E-state index contributed by atoms with van der Waals surface area (Å²) in [5.74, 6) is 0. The molecule has 0 bridgehead atoms. The fourth-order valence-electron chi connectivity index (χ4n) is 1.71. The van der Waals surface area contributed by atoms with Crippen LogP contribution in [0.5, 0.6) is 0 Å². The summed E-state index contributed by atoms with van der Waals surface area (Å²) < 4.78 is 0. The maximum absolute atomic E-state index is 6.24. The Morgan fingerprint density at radius 1 is 1.35 bits per heavy atom. The van der Waals surface area contributed by atoms with Gasteiger partial charge in [-0.3, -0.25) is 0 Å². The Kier molecular flexibility index (Phi) is 4.19. The van der Waals surface area contributed by atoms with Crippen LogP contribution in [0.4, 0.5) is 0 Å². The summed E-state index contributed by atoms with van der Waals surface area (Å²) in [6.45, 7) is 4.24. The van der Waals surface area contributed by atoms with Crippen LogP contribution in [0.3, 0.4) is 0 Å². The van der Waals surface area contributed by atoms with E-state index in [0.29, 0.717) is 0 Å². The second kappa shape index (κ2) is 5.65. The van der Waals surface area contributed by atoms with Crippen LogP contribution in [0.1, 0.15) is 30.3 Å². The van der Waals surface area contributed by atoms with Gasteiger partial charge in [0.2, 0.25) is 0 Å². The molecule has 0 atom stereocenters. The van der Waals surface area contributed by atoms with Gasteiger partial charge >= 0.3 is 0 Å². The van der Waals surface area contributed by atoms with Crippen molar-refractivity contribution in [2.24, 2.45) is 0 Å². The van der Waals surface area contributed by atoms with Gasteiger partial charge in [0.15, 0.2) is 0 Å². The van der Waals surface area contributed by atoms with Gasteiger partial charge in [-0.15, -0.1) is 11.3 Å².